The maximum atomic E-state index is 13.9. The number of hydrogen-bond acceptors (Lipinski definition) is 4. The zero-order valence-electron chi connectivity index (χ0n) is 24.4. The standard InChI is InChI=1S/C32H39Cl2N3O4S/c1-4-5-18-35-32(39)30(21-25-12-7-6-8-13-25)36(23-26-16-17-27(33)22-29(26)34)31(38)15-10-19-37(42(3,40)41)28-14-9-11-24(2)20-28/h6-9,11-14,16-17,20,22,30H,4-5,10,15,18-19,21,23H2,1-3H3,(H,35,39). The van der Waals surface area contributed by atoms with Crippen molar-refractivity contribution in [3.05, 3.63) is 99.5 Å². The number of aryl methyl sites for hydroxylation is 1. The van der Waals surface area contributed by atoms with Crippen LogP contribution < -0.4 is 9.62 Å². The predicted molar refractivity (Wildman–Crippen MR) is 171 cm³/mol. The summed E-state index contributed by atoms with van der Waals surface area (Å²) in [6.45, 7) is 4.66. The van der Waals surface area contributed by atoms with E-state index in [2.05, 4.69) is 5.32 Å². The predicted octanol–water partition coefficient (Wildman–Crippen LogP) is 6.40. The molecule has 0 fully saturated rings. The molecule has 226 valence electrons. The van der Waals surface area contributed by atoms with Crippen molar-refractivity contribution in [2.24, 2.45) is 0 Å². The van der Waals surface area contributed by atoms with E-state index in [1.807, 2.05) is 50.2 Å². The molecule has 3 aromatic carbocycles. The number of halogens is 2. The molecule has 3 rings (SSSR count). The molecular weight excluding hydrogens is 593 g/mol. The quantitative estimate of drug-likeness (QED) is 0.197. The molecule has 1 atom stereocenters. The van der Waals surface area contributed by atoms with E-state index in [0.717, 1.165) is 30.2 Å². The second-order valence-corrected chi connectivity index (χ2v) is 13.1. The molecule has 0 aliphatic heterocycles. The van der Waals surface area contributed by atoms with Crippen LogP contribution in [0.4, 0.5) is 5.69 Å². The minimum atomic E-state index is -3.58. The van der Waals surface area contributed by atoms with Gasteiger partial charge in [-0.25, -0.2) is 8.42 Å². The lowest BCUT2D eigenvalue weighted by atomic mass is 10.0. The molecular formula is C32H39Cl2N3O4S. The van der Waals surface area contributed by atoms with Crippen molar-refractivity contribution in [3.8, 4) is 0 Å². The number of anilines is 1. The van der Waals surface area contributed by atoms with Crippen molar-refractivity contribution in [3.63, 3.8) is 0 Å². The third kappa shape index (κ3) is 10.0. The smallest absolute Gasteiger partial charge is 0.243 e. The fourth-order valence-corrected chi connectivity index (χ4v) is 6.11. The Morgan fingerprint density at radius 1 is 0.952 bits per heavy atom. The molecule has 42 heavy (non-hydrogen) atoms. The fourth-order valence-electron chi connectivity index (χ4n) is 4.68. The van der Waals surface area contributed by atoms with Gasteiger partial charge in [0.15, 0.2) is 0 Å². The molecule has 0 radical (unpaired) electrons. The monoisotopic (exact) mass is 631 g/mol. The second-order valence-electron chi connectivity index (χ2n) is 10.4. The summed E-state index contributed by atoms with van der Waals surface area (Å²) in [6, 6.07) is 21.0. The normalized spacial score (nSPS) is 12.0. The van der Waals surface area contributed by atoms with Gasteiger partial charge < -0.3 is 10.2 Å². The summed E-state index contributed by atoms with van der Waals surface area (Å²) in [5.74, 6) is -0.520. The molecule has 0 aliphatic rings. The zero-order valence-corrected chi connectivity index (χ0v) is 26.7. The van der Waals surface area contributed by atoms with E-state index in [1.54, 1.807) is 41.3 Å². The minimum absolute atomic E-state index is 0.0383. The number of carbonyl (C=O) groups excluding carboxylic acids is 2. The Kier molecular flexibility index (Phi) is 12.7. The highest BCUT2D eigenvalue weighted by atomic mass is 35.5. The Morgan fingerprint density at radius 3 is 2.33 bits per heavy atom. The number of nitrogens with one attached hydrogen (secondary N) is 1. The summed E-state index contributed by atoms with van der Waals surface area (Å²) < 4.78 is 26.6. The van der Waals surface area contributed by atoms with Crippen LogP contribution in [0.15, 0.2) is 72.8 Å². The highest BCUT2D eigenvalue weighted by molar-refractivity contribution is 7.92. The van der Waals surface area contributed by atoms with Gasteiger partial charge in [0.25, 0.3) is 0 Å². The molecule has 7 nitrogen and oxygen atoms in total. The van der Waals surface area contributed by atoms with E-state index in [4.69, 9.17) is 23.2 Å². The van der Waals surface area contributed by atoms with Gasteiger partial charge in [-0.3, -0.25) is 13.9 Å². The van der Waals surface area contributed by atoms with E-state index < -0.39 is 16.1 Å². The van der Waals surface area contributed by atoms with Crippen LogP contribution in [0.25, 0.3) is 0 Å². The maximum absolute atomic E-state index is 13.9. The summed E-state index contributed by atoms with van der Waals surface area (Å²) >= 11 is 12.6. The van der Waals surface area contributed by atoms with E-state index in [0.29, 0.717) is 34.3 Å². The van der Waals surface area contributed by atoms with Crippen molar-refractivity contribution in [2.45, 2.75) is 58.5 Å². The van der Waals surface area contributed by atoms with Crippen molar-refractivity contribution in [1.82, 2.24) is 10.2 Å². The molecule has 0 heterocycles. The van der Waals surface area contributed by atoms with E-state index >= 15 is 0 Å². The molecule has 0 saturated heterocycles. The number of rotatable bonds is 15. The number of amides is 2. The van der Waals surface area contributed by atoms with Crippen LogP contribution in [0, 0.1) is 6.92 Å². The van der Waals surface area contributed by atoms with Gasteiger partial charge in [-0.1, -0.05) is 85.1 Å². The van der Waals surface area contributed by atoms with Gasteiger partial charge in [-0.05, 0) is 60.7 Å². The third-order valence-electron chi connectivity index (χ3n) is 6.90. The summed E-state index contributed by atoms with van der Waals surface area (Å²) in [6.07, 6.45) is 3.51. The SMILES string of the molecule is CCCCNC(=O)C(Cc1ccccc1)N(Cc1ccc(Cl)cc1Cl)C(=O)CCCN(c1cccc(C)c1)S(C)(=O)=O. The van der Waals surface area contributed by atoms with Crippen LogP contribution >= 0.6 is 23.2 Å². The van der Waals surface area contributed by atoms with Crippen LogP contribution in [0.2, 0.25) is 10.0 Å². The number of hydrogen-bond donors (Lipinski definition) is 1. The molecule has 0 aliphatic carbocycles. The van der Waals surface area contributed by atoms with Crippen molar-refractivity contribution in [1.29, 1.82) is 0 Å². The van der Waals surface area contributed by atoms with E-state index in [1.165, 1.54) is 4.31 Å². The average molecular weight is 633 g/mol. The number of sulfonamides is 1. The van der Waals surface area contributed by atoms with Gasteiger partial charge in [-0.15, -0.1) is 0 Å². The highest BCUT2D eigenvalue weighted by Gasteiger charge is 2.31. The summed E-state index contributed by atoms with van der Waals surface area (Å²) in [5.41, 5.74) is 3.05. The molecule has 3 aromatic rings. The van der Waals surface area contributed by atoms with Crippen LogP contribution in [-0.2, 0) is 32.6 Å². The molecule has 2 amide bonds. The lowest BCUT2D eigenvalue weighted by Crippen LogP contribution is -2.50. The molecule has 10 heteroatoms. The van der Waals surface area contributed by atoms with Crippen molar-refractivity contribution < 1.29 is 18.0 Å². The van der Waals surface area contributed by atoms with Gasteiger partial charge in [0, 0.05) is 42.5 Å². The first-order chi connectivity index (χ1) is 20.0. The van der Waals surface area contributed by atoms with Crippen LogP contribution in [-0.4, -0.2) is 50.5 Å². The van der Waals surface area contributed by atoms with Crippen LogP contribution in [0.5, 0.6) is 0 Å². The molecule has 0 saturated carbocycles. The van der Waals surface area contributed by atoms with Crippen molar-refractivity contribution >= 4 is 50.7 Å². The number of benzene rings is 3. The topological polar surface area (TPSA) is 86.8 Å². The average Bonchev–Trinajstić information content (AvgIpc) is 2.94. The Hall–Kier alpha value is -3.07. The van der Waals surface area contributed by atoms with Gasteiger partial charge in [-0.2, -0.15) is 0 Å². The molecule has 0 spiro atoms. The van der Waals surface area contributed by atoms with E-state index in [-0.39, 0.29) is 37.7 Å². The molecule has 1 unspecified atom stereocenters. The summed E-state index contributed by atoms with van der Waals surface area (Å²) in [7, 11) is -3.58. The Labute approximate surface area is 259 Å². The molecule has 0 aromatic heterocycles. The summed E-state index contributed by atoms with van der Waals surface area (Å²) in [4.78, 5) is 29.1. The Balaban J connectivity index is 1.90. The van der Waals surface area contributed by atoms with Gasteiger partial charge >= 0.3 is 0 Å². The van der Waals surface area contributed by atoms with E-state index in [9.17, 15) is 18.0 Å². The van der Waals surface area contributed by atoms with Crippen LogP contribution in [0.1, 0.15) is 49.3 Å². The highest BCUT2D eigenvalue weighted by Crippen LogP contribution is 2.25. The summed E-state index contributed by atoms with van der Waals surface area (Å²) in [5, 5.41) is 3.86. The first-order valence-electron chi connectivity index (χ1n) is 14.1. The first-order valence-corrected chi connectivity index (χ1v) is 16.7. The Bertz CT molecular complexity index is 1450. The lowest BCUT2D eigenvalue weighted by Gasteiger charge is -2.32. The number of carbonyl (C=O) groups is 2. The largest absolute Gasteiger partial charge is 0.354 e. The number of nitrogens with zero attached hydrogens (tertiary/aromatic N) is 2. The molecule has 0 bridgehead atoms. The number of unbranched alkanes of at least 4 members (excludes halogenated alkanes) is 1. The Morgan fingerprint density at radius 2 is 1.69 bits per heavy atom. The third-order valence-corrected chi connectivity index (χ3v) is 8.68. The fraction of sp³-hybridized carbons (Fsp3) is 0.375. The minimum Gasteiger partial charge on any atom is -0.354 e. The second kappa shape index (κ2) is 16.0. The van der Waals surface area contributed by atoms with Crippen molar-refractivity contribution in [2.75, 3.05) is 23.7 Å². The van der Waals surface area contributed by atoms with Gasteiger partial charge in [0.1, 0.15) is 6.04 Å². The van der Waals surface area contributed by atoms with Gasteiger partial charge in [0.2, 0.25) is 21.8 Å². The first kappa shape index (κ1) is 33.4. The van der Waals surface area contributed by atoms with Crippen LogP contribution in [0.3, 0.4) is 0 Å². The maximum Gasteiger partial charge on any atom is 0.243 e. The van der Waals surface area contributed by atoms with Gasteiger partial charge in [0.05, 0.1) is 11.9 Å². The molecule has 1 N–H and O–H groups in total. The zero-order chi connectivity index (χ0) is 30.7. The lowest BCUT2D eigenvalue weighted by molar-refractivity contribution is -0.141.